The number of aliphatic carboxylic acids is 1. The zero-order valence-electron chi connectivity index (χ0n) is 6.00. The van der Waals surface area contributed by atoms with Crippen LogP contribution < -0.4 is 5.73 Å². The molecule has 11 heavy (non-hydrogen) atoms. The molecule has 0 heterocycles. The molecule has 0 radical (unpaired) electrons. The summed E-state index contributed by atoms with van der Waals surface area (Å²) in [4.78, 5) is 10.3. The highest BCUT2D eigenvalue weighted by Crippen LogP contribution is 2.17. The number of thiocyanates is 1. The molecular weight excluding hydrogens is 164 g/mol. The topological polar surface area (TPSA) is 87.1 Å². The average Bonchev–Trinajstić information content (AvgIpc) is 1.98. The Labute approximate surface area is 68.7 Å². The zero-order valence-corrected chi connectivity index (χ0v) is 6.81. The number of carbonyl (C=O) groups is 1. The molecule has 0 aromatic rings. The van der Waals surface area contributed by atoms with Gasteiger partial charge in [-0.1, -0.05) is 6.92 Å². The highest BCUT2D eigenvalue weighted by Gasteiger charge is 2.11. The highest BCUT2D eigenvalue weighted by atomic mass is 32.2. The third-order valence-electron chi connectivity index (χ3n) is 1.01. The number of allylic oxidation sites excluding steroid dienone is 1. The Bertz CT molecular complexity index is 229. The summed E-state index contributed by atoms with van der Waals surface area (Å²) in [6.45, 7) is 1.73. The van der Waals surface area contributed by atoms with Crippen LogP contribution in [0, 0.1) is 10.7 Å². The Morgan fingerprint density at radius 2 is 2.36 bits per heavy atom. The molecule has 5 heteroatoms. The third kappa shape index (κ3) is 2.96. The molecule has 4 nitrogen and oxygen atoms in total. The van der Waals surface area contributed by atoms with Gasteiger partial charge in [-0.15, -0.1) is 0 Å². The first-order chi connectivity index (χ1) is 5.13. The van der Waals surface area contributed by atoms with Gasteiger partial charge in [-0.3, -0.25) is 0 Å². The normalized spacial score (nSPS) is 11.6. The van der Waals surface area contributed by atoms with Crippen molar-refractivity contribution in [2.24, 2.45) is 5.73 Å². The van der Waals surface area contributed by atoms with E-state index in [4.69, 9.17) is 16.1 Å². The van der Waals surface area contributed by atoms with Crippen LogP contribution >= 0.6 is 11.8 Å². The molecule has 0 fully saturated rings. The van der Waals surface area contributed by atoms with Crippen LogP contribution in [0.5, 0.6) is 0 Å². The molecule has 60 valence electrons. The lowest BCUT2D eigenvalue weighted by molar-refractivity contribution is -0.131. The van der Waals surface area contributed by atoms with Gasteiger partial charge in [0.2, 0.25) is 0 Å². The Morgan fingerprint density at radius 3 is 2.64 bits per heavy atom. The van der Waals surface area contributed by atoms with Gasteiger partial charge in [-0.05, 0) is 18.2 Å². The maximum atomic E-state index is 10.4. The first-order valence-electron chi connectivity index (χ1n) is 2.91. The SMILES string of the molecule is CC/C(N)=C(\SC#N)C(=O)O. The predicted octanol–water partition coefficient (Wildman–Crippen LogP) is 0.866. The quantitative estimate of drug-likeness (QED) is 0.487. The number of thioether (sulfide) groups is 1. The van der Waals surface area contributed by atoms with Gasteiger partial charge >= 0.3 is 5.97 Å². The summed E-state index contributed by atoms with van der Waals surface area (Å²) in [6.07, 6.45) is 0.441. The summed E-state index contributed by atoms with van der Waals surface area (Å²) < 4.78 is 0. The van der Waals surface area contributed by atoms with Gasteiger partial charge in [0.15, 0.2) is 0 Å². The molecule has 0 bridgehead atoms. The molecule has 0 aromatic carbocycles. The van der Waals surface area contributed by atoms with E-state index in [1.807, 2.05) is 0 Å². The van der Waals surface area contributed by atoms with E-state index in [2.05, 4.69) is 0 Å². The van der Waals surface area contributed by atoms with Gasteiger partial charge in [0, 0.05) is 5.70 Å². The number of hydrogen-bond donors (Lipinski definition) is 2. The van der Waals surface area contributed by atoms with Crippen molar-refractivity contribution in [3.63, 3.8) is 0 Å². The maximum Gasteiger partial charge on any atom is 0.345 e. The van der Waals surface area contributed by atoms with Crippen LogP contribution in [0.3, 0.4) is 0 Å². The number of rotatable bonds is 3. The summed E-state index contributed by atoms with van der Waals surface area (Å²) in [7, 11) is 0. The molecule has 0 aliphatic rings. The average molecular weight is 172 g/mol. The van der Waals surface area contributed by atoms with Crippen molar-refractivity contribution in [2.75, 3.05) is 0 Å². The Balaban J connectivity index is 4.60. The van der Waals surface area contributed by atoms with E-state index >= 15 is 0 Å². The molecule has 0 unspecified atom stereocenters. The van der Waals surface area contributed by atoms with Crippen molar-refractivity contribution < 1.29 is 9.90 Å². The number of carboxylic acid groups (broad SMARTS) is 1. The van der Waals surface area contributed by atoms with Crippen molar-refractivity contribution in [3.05, 3.63) is 10.6 Å². The fraction of sp³-hybridized carbons (Fsp3) is 0.333. The minimum atomic E-state index is -1.14. The van der Waals surface area contributed by atoms with Gasteiger partial charge in [0.1, 0.15) is 10.3 Å². The predicted molar refractivity (Wildman–Crippen MR) is 42.3 cm³/mol. The van der Waals surface area contributed by atoms with Crippen molar-refractivity contribution >= 4 is 17.7 Å². The number of carboxylic acids is 1. The molecule has 0 aliphatic heterocycles. The lowest BCUT2D eigenvalue weighted by Crippen LogP contribution is -2.06. The molecule has 3 N–H and O–H groups in total. The first kappa shape index (κ1) is 9.85. The molecule has 0 spiro atoms. The standard InChI is InChI=1S/C6H8N2O2S/c1-2-4(8)5(6(9)10)11-3-7/h2,8H2,1H3,(H,9,10)/b5-4+. The second kappa shape index (κ2) is 4.63. The van der Waals surface area contributed by atoms with Crippen molar-refractivity contribution in [1.82, 2.24) is 0 Å². The molecule has 0 aromatic heterocycles. The summed E-state index contributed by atoms with van der Waals surface area (Å²) in [5, 5.41) is 18.3. The van der Waals surface area contributed by atoms with Crippen LogP contribution in [-0.2, 0) is 4.79 Å². The van der Waals surface area contributed by atoms with E-state index in [1.54, 1.807) is 12.3 Å². The Kier molecular flexibility index (Phi) is 4.15. The van der Waals surface area contributed by atoms with Crippen LogP contribution in [0.15, 0.2) is 10.6 Å². The molecular formula is C6H8N2O2S. The number of nitrogens with two attached hydrogens (primary N) is 1. The summed E-state index contributed by atoms with van der Waals surface area (Å²) in [6, 6.07) is 0. The minimum Gasteiger partial charge on any atom is -0.477 e. The van der Waals surface area contributed by atoms with E-state index in [9.17, 15) is 4.79 Å². The zero-order chi connectivity index (χ0) is 8.85. The van der Waals surface area contributed by atoms with Crippen LogP contribution in [0.2, 0.25) is 0 Å². The van der Waals surface area contributed by atoms with Crippen LogP contribution in [-0.4, -0.2) is 11.1 Å². The fourth-order valence-electron chi connectivity index (χ4n) is 0.453. The maximum absolute atomic E-state index is 10.4. The van der Waals surface area contributed by atoms with E-state index in [-0.39, 0.29) is 10.6 Å². The van der Waals surface area contributed by atoms with E-state index in [0.717, 1.165) is 0 Å². The van der Waals surface area contributed by atoms with Crippen LogP contribution in [0.4, 0.5) is 0 Å². The summed E-state index contributed by atoms with van der Waals surface area (Å²) in [5.41, 5.74) is 5.57. The van der Waals surface area contributed by atoms with Crippen molar-refractivity contribution in [2.45, 2.75) is 13.3 Å². The van der Waals surface area contributed by atoms with Crippen LogP contribution in [0.1, 0.15) is 13.3 Å². The third-order valence-corrected chi connectivity index (χ3v) is 1.75. The van der Waals surface area contributed by atoms with Gasteiger partial charge < -0.3 is 10.8 Å². The lowest BCUT2D eigenvalue weighted by Gasteiger charge is -1.99. The monoisotopic (exact) mass is 172 g/mol. The van der Waals surface area contributed by atoms with Gasteiger partial charge in [-0.25, -0.2) is 4.79 Å². The number of nitrogens with zero attached hydrogens (tertiary/aromatic N) is 1. The molecule has 0 saturated heterocycles. The second-order valence-corrected chi connectivity index (χ2v) is 2.50. The largest absolute Gasteiger partial charge is 0.477 e. The lowest BCUT2D eigenvalue weighted by atomic mass is 10.3. The fourth-order valence-corrected chi connectivity index (χ4v) is 0.907. The van der Waals surface area contributed by atoms with E-state index in [1.165, 1.54) is 0 Å². The van der Waals surface area contributed by atoms with Crippen molar-refractivity contribution in [3.8, 4) is 5.40 Å². The molecule has 0 aliphatic carbocycles. The number of hydrogen-bond acceptors (Lipinski definition) is 4. The van der Waals surface area contributed by atoms with Gasteiger partial charge in [-0.2, -0.15) is 5.26 Å². The Morgan fingerprint density at radius 1 is 1.82 bits per heavy atom. The van der Waals surface area contributed by atoms with Crippen LogP contribution in [0.25, 0.3) is 0 Å². The van der Waals surface area contributed by atoms with E-state index in [0.29, 0.717) is 18.2 Å². The smallest absolute Gasteiger partial charge is 0.345 e. The minimum absolute atomic E-state index is 0.0741. The molecule has 0 rings (SSSR count). The van der Waals surface area contributed by atoms with E-state index < -0.39 is 5.97 Å². The first-order valence-corrected chi connectivity index (χ1v) is 3.73. The second-order valence-electron chi connectivity index (χ2n) is 1.71. The summed E-state index contributed by atoms with van der Waals surface area (Å²) in [5.74, 6) is -1.14. The molecule has 0 amide bonds. The summed E-state index contributed by atoms with van der Waals surface area (Å²) >= 11 is 0.578. The molecule has 0 saturated carbocycles. The van der Waals surface area contributed by atoms with Gasteiger partial charge in [0.05, 0.1) is 0 Å². The Hall–Kier alpha value is -1.15. The number of nitriles is 1. The van der Waals surface area contributed by atoms with Gasteiger partial charge in [0.25, 0.3) is 0 Å². The molecule has 0 atom stereocenters. The highest BCUT2D eigenvalue weighted by molar-refractivity contribution is 8.08. The van der Waals surface area contributed by atoms with Crippen molar-refractivity contribution in [1.29, 1.82) is 5.26 Å².